The second-order valence-electron chi connectivity index (χ2n) is 9.23. The number of hydrogen-bond donors (Lipinski definition) is 0. The zero-order valence-corrected chi connectivity index (χ0v) is 17.6. The molecule has 0 radical (unpaired) electrons. The third-order valence-corrected chi connectivity index (χ3v) is 7.21. The zero-order valence-electron chi connectivity index (χ0n) is 17.6. The maximum absolute atomic E-state index is 12.7. The fraction of sp³-hybridized carbons (Fsp3) is 0.864. The van der Waals surface area contributed by atoms with Gasteiger partial charge in [0, 0.05) is 32.5 Å². The number of likely N-dealkylation sites (tertiary alicyclic amines) is 2. The average Bonchev–Trinajstić information content (AvgIpc) is 3.10. The van der Waals surface area contributed by atoms with E-state index in [1.807, 2.05) is 0 Å². The third-order valence-electron chi connectivity index (χ3n) is 7.21. The topological polar surface area (TPSA) is 54.3 Å². The minimum absolute atomic E-state index is 0.383. The number of aromatic nitrogens is 3. The third kappa shape index (κ3) is 4.76. The molecule has 28 heavy (non-hydrogen) atoms. The molecule has 1 amide bonds. The predicted octanol–water partition coefficient (Wildman–Crippen LogP) is 3.48. The lowest BCUT2D eigenvalue weighted by atomic mass is 9.86. The summed E-state index contributed by atoms with van der Waals surface area (Å²) in [7, 11) is 2.12. The highest BCUT2D eigenvalue weighted by Gasteiger charge is 2.29. The summed E-state index contributed by atoms with van der Waals surface area (Å²) in [5.41, 5.74) is 0. The fourth-order valence-corrected chi connectivity index (χ4v) is 5.34. The largest absolute Gasteiger partial charge is 0.343 e. The normalized spacial score (nSPS) is 23.2. The van der Waals surface area contributed by atoms with E-state index in [9.17, 15) is 4.79 Å². The molecule has 6 heteroatoms. The van der Waals surface area contributed by atoms with Crippen molar-refractivity contribution >= 4 is 5.91 Å². The van der Waals surface area contributed by atoms with Gasteiger partial charge in [-0.3, -0.25) is 9.69 Å². The van der Waals surface area contributed by atoms with Gasteiger partial charge in [0.1, 0.15) is 11.6 Å². The predicted molar refractivity (Wildman–Crippen MR) is 110 cm³/mol. The first-order valence-corrected chi connectivity index (χ1v) is 11.6. The molecule has 3 heterocycles. The number of amides is 1. The molecule has 0 spiro atoms. The minimum Gasteiger partial charge on any atom is -0.343 e. The van der Waals surface area contributed by atoms with Crippen LogP contribution in [-0.2, 0) is 18.4 Å². The minimum atomic E-state index is 0.383. The first-order chi connectivity index (χ1) is 13.7. The number of piperidine rings is 2. The molecule has 3 aliphatic rings. The van der Waals surface area contributed by atoms with Gasteiger partial charge < -0.3 is 9.47 Å². The van der Waals surface area contributed by atoms with E-state index in [0.717, 1.165) is 50.5 Å². The molecule has 2 aliphatic heterocycles. The molecule has 0 bridgehead atoms. The molecule has 3 fully saturated rings. The van der Waals surface area contributed by atoms with E-state index in [4.69, 9.17) is 0 Å². The van der Waals surface area contributed by atoms with Crippen LogP contribution in [0, 0.1) is 5.92 Å². The molecular weight excluding hydrogens is 350 g/mol. The van der Waals surface area contributed by atoms with E-state index in [-0.39, 0.29) is 0 Å². The molecule has 0 N–H and O–H groups in total. The van der Waals surface area contributed by atoms with Crippen molar-refractivity contribution in [3.8, 4) is 0 Å². The summed E-state index contributed by atoms with van der Waals surface area (Å²) in [6.45, 7) is 5.05. The van der Waals surface area contributed by atoms with Gasteiger partial charge in [-0.2, -0.15) is 0 Å². The van der Waals surface area contributed by atoms with Crippen molar-refractivity contribution in [2.24, 2.45) is 13.0 Å². The molecule has 1 aromatic rings. The van der Waals surface area contributed by atoms with Crippen LogP contribution < -0.4 is 0 Å². The maximum Gasteiger partial charge on any atom is 0.222 e. The van der Waals surface area contributed by atoms with E-state index < -0.39 is 0 Å². The van der Waals surface area contributed by atoms with E-state index in [1.54, 1.807) is 0 Å². The molecule has 1 aromatic heterocycles. The molecule has 2 saturated heterocycles. The molecule has 0 atom stereocenters. The van der Waals surface area contributed by atoms with Crippen LogP contribution in [0.5, 0.6) is 0 Å². The van der Waals surface area contributed by atoms with Gasteiger partial charge in [0.2, 0.25) is 5.91 Å². The SMILES string of the molecule is Cn1c(CN2CCCCC2)nnc1C1CCN(C(=O)CC2CCCCC2)CC1. The average molecular weight is 388 g/mol. The monoisotopic (exact) mass is 387 g/mol. The lowest BCUT2D eigenvalue weighted by molar-refractivity contribution is -0.133. The van der Waals surface area contributed by atoms with Gasteiger partial charge in [-0.05, 0) is 57.5 Å². The summed E-state index contributed by atoms with van der Waals surface area (Å²) in [5.74, 6) is 3.66. The summed E-state index contributed by atoms with van der Waals surface area (Å²) in [4.78, 5) is 17.3. The van der Waals surface area contributed by atoms with E-state index in [2.05, 4.69) is 31.6 Å². The quantitative estimate of drug-likeness (QED) is 0.776. The Hall–Kier alpha value is -1.43. The van der Waals surface area contributed by atoms with Gasteiger partial charge in [-0.1, -0.05) is 25.7 Å². The first-order valence-electron chi connectivity index (χ1n) is 11.6. The highest BCUT2D eigenvalue weighted by molar-refractivity contribution is 5.76. The number of carbonyl (C=O) groups is 1. The Labute approximate surface area is 169 Å². The fourth-order valence-electron chi connectivity index (χ4n) is 5.34. The molecule has 1 aliphatic carbocycles. The van der Waals surface area contributed by atoms with Crippen LogP contribution in [0.3, 0.4) is 0 Å². The summed E-state index contributed by atoms with van der Waals surface area (Å²) in [5, 5.41) is 9.06. The Morgan fingerprint density at radius 1 is 0.893 bits per heavy atom. The van der Waals surface area contributed by atoms with Crippen LogP contribution in [0.15, 0.2) is 0 Å². The van der Waals surface area contributed by atoms with Crippen molar-refractivity contribution in [1.29, 1.82) is 0 Å². The molecule has 156 valence electrons. The summed E-state index contributed by atoms with van der Waals surface area (Å²) in [6.07, 6.45) is 13.3. The molecular formula is C22H37N5O. The van der Waals surface area contributed by atoms with Crippen LogP contribution >= 0.6 is 0 Å². The zero-order chi connectivity index (χ0) is 19.3. The number of hydrogen-bond acceptors (Lipinski definition) is 4. The van der Waals surface area contributed by atoms with Gasteiger partial charge >= 0.3 is 0 Å². The van der Waals surface area contributed by atoms with Crippen LogP contribution in [0.1, 0.15) is 88.2 Å². The van der Waals surface area contributed by atoms with Crippen molar-refractivity contribution in [2.45, 2.75) is 83.1 Å². The maximum atomic E-state index is 12.7. The van der Waals surface area contributed by atoms with E-state index >= 15 is 0 Å². The molecule has 6 nitrogen and oxygen atoms in total. The van der Waals surface area contributed by atoms with Crippen LogP contribution in [0.2, 0.25) is 0 Å². The Morgan fingerprint density at radius 3 is 2.29 bits per heavy atom. The number of nitrogens with zero attached hydrogens (tertiary/aromatic N) is 5. The molecule has 1 saturated carbocycles. The van der Waals surface area contributed by atoms with Gasteiger partial charge in [0.05, 0.1) is 6.54 Å². The van der Waals surface area contributed by atoms with Crippen molar-refractivity contribution in [3.05, 3.63) is 11.6 Å². The highest BCUT2D eigenvalue weighted by Crippen LogP contribution is 2.30. The van der Waals surface area contributed by atoms with Crippen LogP contribution in [0.4, 0.5) is 0 Å². The van der Waals surface area contributed by atoms with Crippen LogP contribution in [-0.4, -0.2) is 56.7 Å². The van der Waals surface area contributed by atoms with E-state index in [0.29, 0.717) is 17.7 Å². The second kappa shape index (κ2) is 9.38. The Morgan fingerprint density at radius 2 is 1.57 bits per heavy atom. The molecule has 0 aromatic carbocycles. The Kier molecular flexibility index (Phi) is 6.65. The van der Waals surface area contributed by atoms with Crippen LogP contribution in [0.25, 0.3) is 0 Å². The van der Waals surface area contributed by atoms with E-state index in [1.165, 1.54) is 64.5 Å². The van der Waals surface area contributed by atoms with Crippen molar-refractivity contribution < 1.29 is 4.79 Å². The van der Waals surface area contributed by atoms with Crippen molar-refractivity contribution in [3.63, 3.8) is 0 Å². The molecule has 0 unspecified atom stereocenters. The lowest BCUT2D eigenvalue weighted by Gasteiger charge is -2.33. The standard InChI is InChI=1S/C22H37N5O/c1-25-20(17-26-12-6-3-7-13-26)23-24-22(25)19-10-14-27(15-11-19)21(28)16-18-8-4-2-5-9-18/h18-19H,2-17H2,1H3. The number of carbonyl (C=O) groups excluding carboxylic acids is 1. The van der Waals surface area contributed by atoms with Gasteiger partial charge in [-0.15, -0.1) is 10.2 Å². The summed E-state index contributed by atoms with van der Waals surface area (Å²) in [6, 6.07) is 0. The van der Waals surface area contributed by atoms with Gasteiger partial charge in [0.15, 0.2) is 0 Å². The number of rotatable bonds is 5. The van der Waals surface area contributed by atoms with Gasteiger partial charge in [-0.25, -0.2) is 0 Å². The second-order valence-corrected chi connectivity index (χ2v) is 9.23. The Bertz CT molecular complexity index is 637. The highest BCUT2D eigenvalue weighted by atomic mass is 16.2. The van der Waals surface area contributed by atoms with Crippen molar-refractivity contribution in [2.75, 3.05) is 26.2 Å². The van der Waals surface area contributed by atoms with Crippen molar-refractivity contribution in [1.82, 2.24) is 24.6 Å². The molecule has 4 rings (SSSR count). The summed E-state index contributed by atoms with van der Waals surface area (Å²) < 4.78 is 2.22. The van der Waals surface area contributed by atoms with Gasteiger partial charge in [0.25, 0.3) is 0 Å². The summed E-state index contributed by atoms with van der Waals surface area (Å²) >= 11 is 0. The Balaban J connectivity index is 1.28. The smallest absolute Gasteiger partial charge is 0.222 e. The first kappa shape index (κ1) is 19.9. The lowest BCUT2D eigenvalue weighted by Crippen LogP contribution is -2.39.